The van der Waals surface area contributed by atoms with Gasteiger partial charge in [0.05, 0.1) is 19.3 Å². The Bertz CT molecular complexity index is 692. The van der Waals surface area contributed by atoms with Gasteiger partial charge in [0.15, 0.2) is 5.82 Å². The number of H-pyrrole nitrogens is 2. The molecule has 8 heteroatoms. The molecule has 0 saturated carbocycles. The normalized spacial score (nSPS) is 18.3. The van der Waals surface area contributed by atoms with Crippen molar-refractivity contribution in [3.8, 4) is 0 Å². The number of imidazole rings is 1. The molecule has 1 aliphatic heterocycles. The number of amides is 1. The number of carbonyl (C=O) groups is 1. The van der Waals surface area contributed by atoms with Crippen molar-refractivity contribution in [2.24, 2.45) is 0 Å². The van der Waals surface area contributed by atoms with Crippen molar-refractivity contribution in [2.45, 2.75) is 45.6 Å². The Kier molecular flexibility index (Phi) is 4.94. The van der Waals surface area contributed by atoms with E-state index in [4.69, 9.17) is 4.74 Å². The van der Waals surface area contributed by atoms with E-state index in [1.54, 1.807) is 11.1 Å². The zero-order valence-corrected chi connectivity index (χ0v) is 14.4. The summed E-state index contributed by atoms with van der Waals surface area (Å²) in [4.78, 5) is 26.3. The zero-order valence-electron chi connectivity index (χ0n) is 14.4. The third kappa shape index (κ3) is 3.48. The van der Waals surface area contributed by atoms with Crippen LogP contribution in [0, 0.1) is 0 Å². The van der Waals surface area contributed by atoms with Crippen molar-refractivity contribution >= 4 is 5.91 Å². The van der Waals surface area contributed by atoms with Crippen molar-refractivity contribution < 1.29 is 9.53 Å². The first-order valence-electron chi connectivity index (χ1n) is 8.45. The van der Waals surface area contributed by atoms with Gasteiger partial charge >= 0.3 is 0 Å². The van der Waals surface area contributed by atoms with Crippen LogP contribution in [0.3, 0.4) is 0 Å². The molecule has 0 spiro atoms. The summed E-state index contributed by atoms with van der Waals surface area (Å²) in [6.45, 7) is 7.63. The number of ether oxygens (including phenoxy) is 1. The van der Waals surface area contributed by atoms with Gasteiger partial charge in [0, 0.05) is 18.9 Å². The summed E-state index contributed by atoms with van der Waals surface area (Å²) < 4.78 is 5.75. The van der Waals surface area contributed by atoms with Crippen LogP contribution in [0.5, 0.6) is 0 Å². The third-order valence-corrected chi connectivity index (χ3v) is 4.05. The molecule has 1 unspecified atom stereocenters. The standard InChI is InChI=1S/C16H24N6O2/c1-4-5-13-19-15(21-20-13)12-9-22(6-7-24-12)16(23)11-8-17-14(18-11)10(2)3/h8,10,12H,4-7,9H2,1-3H3,(H,17,18)(H,19,20,21). The molecule has 1 aliphatic rings. The summed E-state index contributed by atoms with van der Waals surface area (Å²) >= 11 is 0. The Labute approximate surface area is 141 Å². The van der Waals surface area contributed by atoms with Gasteiger partial charge in [0.25, 0.3) is 5.91 Å². The zero-order chi connectivity index (χ0) is 17.1. The Morgan fingerprint density at radius 1 is 1.50 bits per heavy atom. The average Bonchev–Trinajstić information content (AvgIpc) is 3.24. The van der Waals surface area contributed by atoms with Crippen LogP contribution in [0.15, 0.2) is 6.20 Å². The highest BCUT2D eigenvalue weighted by molar-refractivity contribution is 5.92. The van der Waals surface area contributed by atoms with E-state index in [1.165, 1.54) is 0 Å². The molecule has 0 aliphatic carbocycles. The number of nitrogens with one attached hydrogen (secondary N) is 2. The number of morpholine rings is 1. The number of aromatic nitrogens is 5. The van der Waals surface area contributed by atoms with Crippen LogP contribution in [-0.4, -0.2) is 55.7 Å². The van der Waals surface area contributed by atoms with E-state index in [0.29, 0.717) is 31.2 Å². The lowest BCUT2D eigenvalue weighted by atomic mass is 10.2. The summed E-state index contributed by atoms with van der Waals surface area (Å²) in [5.74, 6) is 2.49. The quantitative estimate of drug-likeness (QED) is 0.870. The molecule has 3 heterocycles. The van der Waals surface area contributed by atoms with Crippen molar-refractivity contribution in [1.29, 1.82) is 0 Å². The van der Waals surface area contributed by atoms with Crippen molar-refractivity contribution in [2.75, 3.05) is 19.7 Å². The average molecular weight is 332 g/mol. The maximum Gasteiger partial charge on any atom is 0.272 e. The molecule has 1 atom stereocenters. The first kappa shape index (κ1) is 16.6. The molecule has 1 fully saturated rings. The molecule has 0 bridgehead atoms. The molecule has 130 valence electrons. The first-order valence-corrected chi connectivity index (χ1v) is 8.45. The fourth-order valence-electron chi connectivity index (χ4n) is 2.70. The maximum atomic E-state index is 12.7. The largest absolute Gasteiger partial charge is 0.366 e. The molecule has 1 amide bonds. The number of aryl methyl sites for hydroxylation is 1. The van der Waals surface area contributed by atoms with Gasteiger partial charge in [-0.1, -0.05) is 20.8 Å². The van der Waals surface area contributed by atoms with E-state index in [-0.39, 0.29) is 17.9 Å². The van der Waals surface area contributed by atoms with Crippen molar-refractivity contribution in [1.82, 2.24) is 30.0 Å². The Morgan fingerprint density at radius 3 is 3.04 bits per heavy atom. The van der Waals surface area contributed by atoms with Crippen LogP contribution in [0.1, 0.15) is 67.2 Å². The highest BCUT2D eigenvalue weighted by Crippen LogP contribution is 2.21. The predicted octanol–water partition coefficient (Wildman–Crippen LogP) is 1.82. The van der Waals surface area contributed by atoms with Crippen molar-refractivity contribution in [3.63, 3.8) is 0 Å². The topological polar surface area (TPSA) is 99.8 Å². The van der Waals surface area contributed by atoms with Gasteiger partial charge in [-0.2, -0.15) is 5.10 Å². The van der Waals surface area contributed by atoms with E-state index >= 15 is 0 Å². The molecule has 0 aromatic carbocycles. The molecule has 1 saturated heterocycles. The lowest BCUT2D eigenvalue weighted by molar-refractivity contribution is -0.0268. The second-order valence-electron chi connectivity index (χ2n) is 6.34. The van der Waals surface area contributed by atoms with Crippen molar-refractivity contribution in [3.05, 3.63) is 29.4 Å². The van der Waals surface area contributed by atoms with Gasteiger partial charge in [-0.15, -0.1) is 0 Å². The van der Waals surface area contributed by atoms with Gasteiger partial charge in [-0.3, -0.25) is 9.89 Å². The SMILES string of the molecule is CCCc1nc(C2CN(C(=O)c3cnc(C(C)C)[nH]3)CCO2)n[nH]1. The molecular formula is C16H24N6O2. The van der Waals surface area contributed by atoms with Gasteiger partial charge in [0.2, 0.25) is 0 Å². The summed E-state index contributed by atoms with van der Waals surface area (Å²) in [6, 6.07) is 0. The minimum Gasteiger partial charge on any atom is -0.366 e. The van der Waals surface area contributed by atoms with Crippen LogP contribution >= 0.6 is 0 Å². The predicted molar refractivity (Wildman–Crippen MR) is 87.7 cm³/mol. The molecule has 8 nitrogen and oxygen atoms in total. The number of rotatable bonds is 5. The second-order valence-corrected chi connectivity index (χ2v) is 6.34. The molecule has 2 aromatic heterocycles. The highest BCUT2D eigenvalue weighted by atomic mass is 16.5. The third-order valence-electron chi connectivity index (χ3n) is 4.05. The first-order chi connectivity index (χ1) is 11.6. The summed E-state index contributed by atoms with van der Waals surface area (Å²) in [7, 11) is 0. The number of hydrogen-bond donors (Lipinski definition) is 2. The maximum absolute atomic E-state index is 12.7. The molecule has 2 N–H and O–H groups in total. The van der Waals surface area contributed by atoms with Gasteiger partial charge in [-0.25, -0.2) is 9.97 Å². The minimum absolute atomic E-state index is 0.0629. The monoisotopic (exact) mass is 332 g/mol. The van der Waals surface area contributed by atoms with E-state index in [1.807, 2.05) is 13.8 Å². The molecule has 24 heavy (non-hydrogen) atoms. The molecule has 0 radical (unpaired) electrons. The molecule has 2 aromatic rings. The Balaban J connectivity index is 1.68. The van der Waals surface area contributed by atoms with Crippen LogP contribution < -0.4 is 0 Å². The van der Waals surface area contributed by atoms with Gasteiger partial charge < -0.3 is 14.6 Å². The number of nitrogens with zero attached hydrogens (tertiary/aromatic N) is 4. The fraction of sp³-hybridized carbons (Fsp3) is 0.625. The Hall–Kier alpha value is -2.22. The minimum atomic E-state index is -0.294. The van der Waals surface area contributed by atoms with Crippen LogP contribution in [0.4, 0.5) is 0 Å². The Morgan fingerprint density at radius 2 is 2.33 bits per heavy atom. The number of hydrogen-bond acceptors (Lipinski definition) is 5. The van der Waals surface area contributed by atoms with E-state index < -0.39 is 0 Å². The highest BCUT2D eigenvalue weighted by Gasteiger charge is 2.29. The number of carbonyl (C=O) groups excluding carboxylic acids is 1. The smallest absolute Gasteiger partial charge is 0.272 e. The second kappa shape index (κ2) is 7.12. The van der Waals surface area contributed by atoms with E-state index in [9.17, 15) is 4.79 Å². The van der Waals surface area contributed by atoms with Crippen LogP contribution in [0.25, 0.3) is 0 Å². The number of aromatic amines is 2. The van der Waals surface area contributed by atoms with E-state index in [2.05, 4.69) is 32.1 Å². The van der Waals surface area contributed by atoms with E-state index in [0.717, 1.165) is 24.5 Å². The fourth-order valence-corrected chi connectivity index (χ4v) is 2.70. The molecule has 3 rings (SSSR count). The summed E-state index contributed by atoms with van der Waals surface area (Å²) in [5.41, 5.74) is 0.515. The summed E-state index contributed by atoms with van der Waals surface area (Å²) in [5, 5.41) is 7.17. The van der Waals surface area contributed by atoms with Gasteiger partial charge in [-0.05, 0) is 6.42 Å². The van der Waals surface area contributed by atoms with Gasteiger partial charge in [0.1, 0.15) is 23.4 Å². The lowest BCUT2D eigenvalue weighted by Gasteiger charge is -2.31. The summed E-state index contributed by atoms with van der Waals surface area (Å²) in [6.07, 6.45) is 3.17. The van der Waals surface area contributed by atoms with Crippen LogP contribution in [-0.2, 0) is 11.2 Å². The molecular weight excluding hydrogens is 308 g/mol. The van der Waals surface area contributed by atoms with Crippen LogP contribution in [0.2, 0.25) is 0 Å². The lowest BCUT2D eigenvalue weighted by Crippen LogP contribution is -2.42.